The van der Waals surface area contributed by atoms with E-state index in [-0.39, 0.29) is 0 Å². The van der Waals surface area contributed by atoms with Gasteiger partial charge in [0, 0.05) is 10.8 Å². The van der Waals surface area contributed by atoms with Gasteiger partial charge in [0.05, 0.1) is 21.1 Å². The highest BCUT2D eigenvalue weighted by molar-refractivity contribution is 7.21. The van der Waals surface area contributed by atoms with Gasteiger partial charge in [0.15, 0.2) is 0 Å². The second-order valence-electron chi connectivity index (χ2n) is 3.29. The van der Waals surface area contributed by atoms with Gasteiger partial charge in [-0.05, 0) is 22.9 Å². The molecule has 0 unspecified atom stereocenters. The summed E-state index contributed by atoms with van der Waals surface area (Å²) in [4.78, 5) is 0. The van der Waals surface area contributed by atoms with E-state index in [1.165, 1.54) is 31.9 Å². The molecule has 0 saturated carbocycles. The van der Waals surface area contributed by atoms with Crippen molar-refractivity contribution in [2.75, 3.05) is 0 Å². The third kappa shape index (κ3) is 0.928. The summed E-state index contributed by atoms with van der Waals surface area (Å²) in [5.41, 5.74) is 2.14. The summed E-state index contributed by atoms with van der Waals surface area (Å²) in [6, 6.07) is 4.35. The summed E-state index contributed by atoms with van der Waals surface area (Å²) in [5.74, 6) is 0. The van der Waals surface area contributed by atoms with Crippen LogP contribution in [0, 0.1) is 0 Å². The summed E-state index contributed by atoms with van der Waals surface area (Å²) in [5, 5.41) is 6.88. The molecule has 1 aromatic carbocycles. The van der Waals surface area contributed by atoms with Gasteiger partial charge in [-0.25, -0.2) is 0 Å². The Kier molecular flexibility index (Phi) is 1.49. The number of nitrogens with zero attached hydrogens (tertiary/aromatic N) is 2. The van der Waals surface area contributed by atoms with Crippen molar-refractivity contribution < 1.29 is 0 Å². The number of benzene rings is 1. The SMILES string of the molecule is c1cc2c3ccsc3c3nsnc3c2s1. The molecule has 2 nitrogen and oxygen atoms in total. The average molecular weight is 248 g/mol. The second-order valence-corrected chi connectivity index (χ2v) is 5.65. The topological polar surface area (TPSA) is 25.8 Å². The lowest BCUT2D eigenvalue weighted by atomic mass is 10.1. The quantitative estimate of drug-likeness (QED) is 0.468. The van der Waals surface area contributed by atoms with Crippen molar-refractivity contribution in [2.24, 2.45) is 0 Å². The van der Waals surface area contributed by atoms with E-state index >= 15 is 0 Å². The third-order valence-electron chi connectivity index (χ3n) is 2.54. The maximum absolute atomic E-state index is 4.40. The monoisotopic (exact) mass is 248 g/mol. The number of thiophene rings is 2. The van der Waals surface area contributed by atoms with E-state index < -0.39 is 0 Å². The molecule has 4 rings (SSSR count). The highest BCUT2D eigenvalue weighted by atomic mass is 32.1. The van der Waals surface area contributed by atoms with Gasteiger partial charge in [-0.1, -0.05) is 0 Å². The summed E-state index contributed by atoms with van der Waals surface area (Å²) in [7, 11) is 0. The minimum atomic E-state index is 1.07. The Bertz CT molecular complexity index is 583. The van der Waals surface area contributed by atoms with Gasteiger partial charge in [-0.3, -0.25) is 0 Å². The van der Waals surface area contributed by atoms with Crippen LogP contribution in [0.1, 0.15) is 0 Å². The molecule has 0 aliphatic rings. The molecule has 15 heavy (non-hydrogen) atoms. The lowest BCUT2D eigenvalue weighted by Crippen LogP contribution is -1.72. The minimum absolute atomic E-state index is 1.07. The molecule has 0 bridgehead atoms. The predicted octanol–water partition coefficient (Wildman–Crippen LogP) is 4.12. The third-order valence-corrected chi connectivity index (χ3v) is 4.91. The van der Waals surface area contributed by atoms with E-state index in [2.05, 4.69) is 31.6 Å². The maximum atomic E-state index is 4.40. The van der Waals surface area contributed by atoms with E-state index in [4.69, 9.17) is 0 Å². The van der Waals surface area contributed by atoms with Gasteiger partial charge in [-0.15, -0.1) is 22.7 Å². The first-order valence-corrected chi connectivity index (χ1v) is 6.93. The summed E-state index contributed by atoms with van der Waals surface area (Å²) < 4.78 is 11.3. The van der Waals surface area contributed by atoms with E-state index in [1.807, 2.05) is 0 Å². The van der Waals surface area contributed by atoms with Crippen molar-refractivity contribution in [3.63, 3.8) is 0 Å². The fraction of sp³-hybridized carbons (Fsp3) is 0. The van der Waals surface area contributed by atoms with Crippen molar-refractivity contribution in [1.29, 1.82) is 0 Å². The number of aromatic nitrogens is 2. The highest BCUT2D eigenvalue weighted by Crippen LogP contribution is 2.38. The Morgan fingerprint density at radius 2 is 1.33 bits per heavy atom. The standard InChI is InChI=1S/C10H4N2S3/c1-3-13-9-5(1)6-2-4-14-10(6)8-7(9)11-15-12-8/h1-4H. The van der Waals surface area contributed by atoms with Crippen LogP contribution in [0.4, 0.5) is 0 Å². The lowest BCUT2D eigenvalue weighted by Gasteiger charge is -1.94. The highest BCUT2D eigenvalue weighted by Gasteiger charge is 2.13. The molecule has 3 aromatic heterocycles. The summed E-state index contributed by atoms with van der Waals surface area (Å²) in [6.07, 6.45) is 0. The second kappa shape index (κ2) is 2.75. The van der Waals surface area contributed by atoms with Crippen molar-refractivity contribution in [2.45, 2.75) is 0 Å². The molecule has 72 valence electrons. The molecule has 0 atom stereocenters. The molecule has 0 aliphatic carbocycles. The van der Waals surface area contributed by atoms with E-state index in [9.17, 15) is 0 Å². The van der Waals surface area contributed by atoms with Gasteiger partial charge in [0.1, 0.15) is 11.0 Å². The molecule has 0 fully saturated rings. The van der Waals surface area contributed by atoms with Crippen LogP contribution in [0.15, 0.2) is 22.9 Å². The van der Waals surface area contributed by atoms with Crippen LogP contribution < -0.4 is 0 Å². The van der Waals surface area contributed by atoms with Crippen molar-refractivity contribution in [1.82, 2.24) is 8.75 Å². The first-order valence-electron chi connectivity index (χ1n) is 4.44. The van der Waals surface area contributed by atoms with Crippen LogP contribution in [-0.4, -0.2) is 8.75 Å². The van der Waals surface area contributed by atoms with Crippen LogP contribution in [0.25, 0.3) is 31.2 Å². The Labute approximate surface area is 97.1 Å². The fourth-order valence-corrected chi connectivity index (χ4v) is 4.37. The van der Waals surface area contributed by atoms with Crippen LogP contribution in [0.3, 0.4) is 0 Å². The van der Waals surface area contributed by atoms with Gasteiger partial charge < -0.3 is 0 Å². The van der Waals surface area contributed by atoms with Gasteiger partial charge in [-0.2, -0.15) is 8.75 Å². The van der Waals surface area contributed by atoms with Crippen molar-refractivity contribution in [3.8, 4) is 0 Å². The largest absolute Gasteiger partial charge is 0.171 e. The number of hydrogen-bond donors (Lipinski definition) is 0. The Balaban J connectivity index is 2.56. The first kappa shape index (κ1) is 8.15. The van der Waals surface area contributed by atoms with Crippen LogP contribution in [-0.2, 0) is 0 Å². The molecule has 0 amide bonds. The zero-order valence-corrected chi connectivity index (χ0v) is 9.88. The molecular weight excluding hydrogens is 244 g/mol. The minimum Gasteiger partial charge on any atom is -0.171 e. The molecule has 0 spiro atoms. The van der Waals surface area contributed by atoms with E-state index in [0.29, 0.717) is 0 Å². The molecule has 0 radical (unpaired) electrons. The molecule has 0 aliphatic heterocycles. The molecular formula is C10H4N2S3. The average Bonchev–Trinajstić information content (AvgIpc) is 2.97. The van der Waals surface area contributed by atoms with Crippen LogP contribution >= 0.6 is 34.4 Å². The van der Waals surface area contributed by atoms with Gasteiger partial charge >= 0.3 is 0 Å². The van der Waals surface area contributed by atoms with Crippen molar-refractivity contribution in [3.05, 3.63) is 22.9 Å². The van der Waals surface area contributed by atoms with Gasteiger partial charge in [0.2, 0.25) is 0 Å². The normalized spacial score (nSPS) is 12.0. The number of hydrogen-bond acceptors (Lipinski definition) is 5. The summed E-state index contributed by atoms with van der Waals surface area (Å²) >= 11 is 4.80. The molecule has 0 saturated heterocycles. The fourth-order valence-electron chi connectivity index (χ4n) is 1.90. The number of rotatable bonds is 0. The van der Waals surface area contributed by atoms with Gasteiger partial charge in [0.25, 0.3) is 0 Å². The zero-order chi connectivity index (χ0) is 9.83. The number of fused-ring (bicyclic) bond motifs is 6. The maximum Gasteiger partial charge on any atom is 0.124 e. The zero-order valence-electron chi connectivity index (χ0n) is 7.43. The van der Waals surface area contributed by atoms with Crippen molar-refractivity contribution >= 4 is 65.6 Å². The Morgan fingerprint density at radius 3 is 1.87 bits per heavy atom. The van der Waals surface area contributed by atoms with E-state index in [0.717, 1.165) is 11.0 Å². The first-order chi connectivity index (χ1) is 7.45. The molecule has 0 N–H and O–H groups in total. The molecule has 5 heteroatoms. The molecule has 3 heterocycles. The summed E-state index contributed by atoms with van der Waals surface area (Å²) in [6.45, 7) is 0. The lowest BCUT2D eigenvalue weighted by molar-refractivity contribution is 1.72. The smallest absolute Gasteiger partial charge is 0.124 e. The Morgan fingerprint density at radius 1 is 0.800 bits per heavy atom. The van der Waals surface area contributed by atoms with Crippen LogP contribution in [0.2, 0.25) is 0 Å². The van der Waals surface area contributed by atoms with E-state index in [1.54, 1.807) is 22.7 Å². The predicted molar refractivity (Wildman–Crippen MR) is 68.2 cm³/mol. The van der Waals surface area contributed by atoms with Crippen LogP contribution in [0.5, 0.6) is 0 Å². The molecule has 4 aromatic rings. The Hall–Kier alpha value is -1.04.